The van der Waals surface area contributed by atoms with Crippen LogP contribution in [0.25, 0.3) is 0 Å². The van der Waals surface area contributed by atoms with E-state index in [0.717, 1.165) is 36.2 Å². The molecule has 0 aliphatic rings. The van der Waals surface area contributed by atoms with Gasteiger partial charge in [0.25, 0.3) is 0 Å². The Morgan fingerprint density at radius 3 is 2.62 bits per heavy atom. The van der Waals surface area contributed by atoms with Crippen LogP contribution in [0, 0.1) is 0 Å². The van der Waals surface area contributed by atoms with Crippen molar-refractivity contribution in [3.05, 3.63) is 35.3 Å². The molecule has 0 spiro atoms. The number of rotatable bonds is 9. The number of hydrogen-bond donors (Lipinski definition) is 1. The highest BCUT2D eigenvalue weighted by Gasteiger charge is 2.10. The van der Waals surface area contributed by atoms with Crippen LogP contribution in [0.2, 0.25) is 0 Å². The molecule has 0 aliphatic heterocycles. The molecule has 2 aromatic rings. The van der Waals surface area contributed by atoms with E-state index in [0.29, 0.717) is 0 Å². The molecule has 5 heteroatoms. The van der Waals surface area contributed by atoms with Crippen molar-refractivity contribution in [1.82, 2.24) is 10.2 Å². The van der Waals surface area contributed by atoms with Crippen LogP contribution in [-0.2, 0) is 6.54 Å². The molecule has 1 N–H and O–H groups in total. The highest BCUT2D eigenvalue weighted by atomic mass is 32.1. The van der Waals surface area contributed by atoms with Crippen LogP contribution in [0.4, 0.5) is 10.8 Å². The second-order valence-electron chi connectivity index (χ2n) is 5.04. The molecule has 1 heterocycles. The molecule has 1 aromatic carbocycles. The first kappa shape index (κ1) is 15.8. The number of nitrogens with zero attached hydrogens (tertiary/aromatic N) is 3. The molecule has 0 fully saturated rings. The zero-order valence-corrected chi connectivity index (χ0v) is 13.7. The summed E-state index contributed by atoms with van der Waals surface area (Å²) in [4.78, 5) is 2.38. The molecule has 0 bridgehead atoms. The van der Waals surface area contributed by atoms with Crippen molar-refractivity contribution >= 4 is 22.2 Å². The molecule has 1 aromatic heterocycles. The van der Waals surface area contributed by atoms with Crippen LogP contribution < -0.4 is 10.2 Å². The summed E-state index contributed by atoms with van der Waals surface area (Å²) in [5.74, 6) is 0. The number of hydrogen-bond acceptors (Lipinski definition) is 5. The van der Waals surface area contributed by atoms with Gasteiger partial charge in [-0.05, 0) is 25.0 Å². The first-order valence-corrected chi connectivity index (χ1v) is 8.51. The molecule has 0 radical (unpaired) electrons. The van der Waals surface area contributed by atoms with Crippen molar-refractivity contribution in [2.24, 2.45) is 0 Å². The largest absolute Gasteiger partial charge is 0.365 e. The number of nitrogens with one attached hydrogen (secondary N) is 1. The second kappa shape index (κ2) is 8.62. The molecule has 2 rings (SSSR count). The van der Waals surface area contributed by atoms with E-state index in [4.69, 9.17) is 0 Å². The quantitative estimate of drug-likeness (QED) is 0.755. The van der Waals surface area contributed by atoms with E-state index < -0.39 is 0 Å². The third-order valence-electron chi connectivity index (χ3n) is 3.22. The molecule has 0 amide bonds. The molecule has 0 aliphatic carbocycles. The number of anilines is 2. The van der Waals surface area contributed by atoms with Gasteiger partial charge in [-0.1, -0.05) is 49.8 Å². The highest BCUT2D eigenvalue weighted by Crippen LogP contribution is 2.21. The van der Waals surface area contributed by atoms with Gasteiger partial charge < -0.3 is 10.2 Å². The van der Waals surface area contributed by atoms with Gasteiger partial charge in [-0.25, -0.2) is 0 Å². The summed E-state index contributed by atoms with van der Waals surface area (Å²) in [6.07, 6.45) is 3.49. The Kier molecular flexibility index (Phi) is 6.47. The zero-order valence-electron chi connectivity index (χ0n) is 12.9. The van der Waals surface area contributed by atoms with Crippen molar-refractivity contribution in [2.45, 2.75) is 39.7 Å². The first-order valence-electron chi connectivity index (χ1n) is 7.69. The summed E-state index contributed by atoms with van der Waals surface area (Å²) in [6, 6.07) is 10.5. The van der Waals surface area contributed by atoms with E-state index in [9.17, 15) is 0 Å². The van der Waals surface area contributed by atoms with E-state index in [2.05, 4.69) is 64.6 Å². The lowest BCUT2D eigenvalue weighted by Gasteiger charge is -2.23. The number of para-hydroxylation sites is 1. The molecular weight excluding hydrogens is 280 g/mol. The van der Waals surface area contributed by atoms with Crippen LogP contribution in [0.3, 0.4) is 0 Å². The summed E-state index contributed by atoms with van der Waals surface area (Å²) in [5.41, 5.74) is 1.25. The molecule has 114 valence electrons. The lowest BCUT2D eigenvalue weighted by molar-refractivity contribution is 0.710. The number of aromatic nitrogens is 2. The van der Waals surface area contributed by atoms with Crippen molar-refractivity contribution in [1.29, 1.82) is 0 Å². The fourth-order valence-corrected chi connectivity index (χ4v) is 2.85. The van der Waals surface area contributed by atoms with E-state index in [1.54, 1.807) is 11.3 Å². The minimum atomic E-state index is 0.829. The van der Waals surface area contributed by atoms with Crippen molar-refractivity contribution in [2.75, 3.05) is 23.3 Å². The fourth-order valence-electron chi connectivity index (χ4n) is 2.07. The second-order valence-corrected chi connectivity index (χ2v) is 6.10. The summed E-state index contributed by atoms with van der Waals surface area (Å²) in [7, 11) is 0. The number of benzene rings is 1. The predicted octanol–water partition coefficient (Wildman–Crippen LogP) is 4.17. The maximum atomic E-state index is 4.31. The first-order chi connectivity index (χ1) is 10.3. The molecule has 21 heavy (non-hydrogen) atoms. The minimum absolute atomic E-state index is 0.829. The zero-order chi connectivity index (χ0) is 14.9. The van der Waals surface area contributed by atoms with Crippen LogP contribution in [-0.4, -0.2) is 23.3 Å². The fraction of sp³-hybridized carbons (Fsp3) is 0.500. The Morgan fingerprint density at radius 2 is 1.90 bits per heavy atom. The Bertz CT molecular complexity index is 512. The van der Waals surface area contributed by atoms with Gasteiger partial charge in [0.1, 0.15) is 5.01 Å². The van der Waals surface area contributed by atoms with Gasteiger partial charge in [0.05, 0.1) is 6.54 Å². The molecule has 0 saturated carbocycles. The van der Waals surface area contributed by atoms with Crippen LogP contribution in [0.15, 0.2) is 30.3 Å². The van der Waals surface area contributed by atoms with E-state index in [-0.39, 0.29) is 0 Å². The van der Waals surface area contributed by atoms with Gasteiger partial charge in [0.15, 0.2) is 0 Å². The van der Waals surface area contributed by atoms with E-state index in [1.165, 1.54) is 18.5 Å². The third kappa shape index (κ3) is 5.01. The van der Waals surface area contributed by atoms with Crippen molar-refractivity contribution in [3.8, 4) is 0 Å². The average Bonchev–Trinajstić information content (AvgIpc) is 2.97. The maximum absolute atomic E-state index is 4.31. The summed E-state index contributed by atoms with van der Waals surface area (Å²) in [5, 5.41) is 13.8. The SMILES string of the molecule is CCCCN(Cc1nnc(NCCC)s1)c1ccccc1. The smallest absolute Gasteiger partial charge is 0.205 e. The van der Waals surface area contributed by atoms with Crippen molar-refractivity contribution < 1.29 is 0 Å². The monoisotopic (exact) mass is 304 g/mol. The van der Waals surface area contributed by atoms with Gasteiger partial charge in [-0.15, -0.1) is 10.2 Å². The van der Waals surface area contributed by atoms with Gasteiger partial charge in [-0.3, -0.25) is 0 Å². The highest BCUT2D eigenvalue weighted by molar-refractivity contribution is 7.15. The standard InChI is InChI=1S/C16H24N4S/c1-3-5-12-20(14-9-7-6-8-10-14)13-15-18-19-16(21-15)17-11-4-2/h6-10H,3-5,11-13H2,1-2H3,(H,17,19). The van der Waals surface area contributed by atoms with Gasteiger partial charge in [0, 0.05) is 18.8 Å². The van der Waals surface area contributed by atoms with Gasteiger partial charge in [-0.2, -0.15) is 0 Å². The summed E-state index contributed by atoms with van der Waals surface area (Å²) < 4.78 is 0. The van der Waals surface area contributed by atoms with Crippen molar-refractivity contribution in [3.63, 3.8) is 0 Å². The maximum Gasteiger partial charge on any atom is 0.205 e. The molecule has 4 nitrogen and oxygen atoms in total. The van der Waals surface area contributed by atoms with Gasteiger partial charge >= 0.3 is 0 Å². The lowest BCUT2D eigenvalue weighted by atomic mass is 10.2. The van der Waals surface area contributed by atoms with Crippen LogP contribution in [0.1, 0.15) is 38.1 Å². The summed E-state index contributed by atoms with van der Waals surface area (Å²) in [6.45, 7) is 7.21. The summed E-state index contributed by atoms with van der Waals surface area (Å²) >= 11 is 1.65. The molecule has 0 atom stereocenters. The molecule has 0 unspecified atom stereocenters. The Morgan fingerprint density at radius 1 is 1.10 bits per heavy atom. The van der Waals surface area contributed by atoms with E-state index >= 15 is 0 Å². The van der Waals surface area contributed by atoms with Crippen LogP contribution in [0.5, 0.6) is 0 Å². The number of unbranched alkanes of at least 4 members (excludes halogenated alkanes) is 1. The Balaban J connectivity index is 2.02. The molecule has 0 saturated heterocycles. The topological polar surface area (TPSA) is 41.1 Å². The molecular formula is C16H24N4S. The Labute approximate surface area is 131 Å². The average molecular weight is 304 g/mol. The predicted molar refractivity (Wildman–Crippen MR) is 91.1 cm³/mol. The third-order valence-corrected chi connectivity index (χ3v) is 4.09. The van der Waals surface area contributed by atoms with E-state index in [1.807, 2.05) is 0 Å². The Hall–Kier alpha value is -1.62. The van der Waals surface area contributed by atoms with Crippen LogP contribution >= 0.6 is 11.3 Å². The normalized spacial score (nSPS) is 10.6. The van der Waals surface area contributed by atoms with Gasteiger partial charge in [0.2, 0.25) is 5.13 Å². The lowest BCUT2D eigenvalue weighted by Crippen LogP contribution is -2.23. The minimum Gasteiger partial charge on any atom is -0.365 e.